The molecule has 1 saturated heterocycles. The first-order chi connectivity index (χ1) is 11.7. The maximum atomic E-state index is 12.2. The Morgan fingerprint density at radius 3 is 2.80 bits per heavy atom. The Bertz CT molecular complexity index is 613. The van der Waals surface area contributed by atoms with Crippen LogP contribution in [0.3, 0.4) is 0 Å². The van der Waals surface area contributed by atoms with Gasteiger partial charge in [-0.05, 0) is 57.7 Å². The Morgan fingerprint density at radius 1 is 1.36 bits per heavy atom. The topological polar surface area (TPSA) is 96.7 Å². The van der Waals surface area contributed by atoms with E-state index in [9.17, 15) is 9.59 Å². The fraction of sp³-hybridized carbons (Fsp3) is 0.556. The number of amides is 3. The quantitative estimate of drug-likeness (QED) is 0.732. The van der Waals surface area contributed by atoms with Crippen molar-refractivity contribution in [2.45, 2.75) is 39.2 Å². The van der Waals surface area contributed by atoms with Gasteiger partial charge in [0.2, 0.25) is 0 Å². The Hall–Kier alpha value is -2.44. The van der Waals surface area contributed by atoms with Crippen molar-refractivity contribution in [2.24, 2.45) is 5.92 Å². The van der Waals surface area contributed by atoms with Gasteiger partial charge in [0.25, 0.3) is 0 Å². The van der Waals surface area contributed by atoms with Crippen LogP contribution in [0.2, 0.25) is 0 Å². The van der Waals surface area contributed by atoms with E-state index < -0.39 is 5.60 Å². The molecule has 138 valence electrons. The number of benzene rings is 1. The monoisotopic (exact) mass is 348 g/mol. The largest absolute Gasteiger partial charge is 0.444 e. The standard InChI is InChI=1S/C18H28N4O3/c1-18(2,3)25-17(24)22-9-5-6-13(12-22)11-20-16(23)21-15-8-4-7-14(19)10-15/h4,7-8,10,13H,5-6,9,11-12,19H2,1-3H3,(H2,20,21,23). The molecule has 0 bridgehead atoms. The summed E-state index contributed by atoms with van der Waals surface area (Å²) < 4.78 is 5.42. The first-order valence-corrected chi connectivity index (χ1v) is 8.61. The van der Waals surface area contributed by atoms with E-state index in [-0.39, 0.29) is 18.0 Å². The highest BCUT2D eigenvalue weighted by Gasteiger charge is 2.27. The molecule has 0 spiro atoms. The highest BCUT2D eigenvalue weighted by Crippen LogP contribution is 2.19. The molecular weight excluding hydrogens is 320 g/mol. The molecule has 0 aromatic heterocycles. The van der Waals surface area contributed by atoms with Gasteiger partial charge in [-0.3, -0.25) is 0 Å². The smallest absolute Gasteiger partial charge is 0.410 e. The van der Waals surface area contributed by atoms with E-state index in [0.29, 0.717) is 31.0 Å². The van der Waals surface area contributed by atoms with Gasteiger partial charge in [-0.2, -0.15) is 0 Å². The number of hydrogen-bond donors (Lipinski definition) is 3. The highest BCUT2D eigenvalue weighted by molar-refractivity contribution is 5.89. The molecule has 1 aliphatic rings. The first kappa shape index (κ1) is 18.9. The molecule has 1 aliphatic heterocycles. The zero-order valence-corrected chi connectivity index (χ0v) is 15.2. The van der Waals surface area contributed by atoms with Crippen LogP contribution in [-0.4, -0.2) is 42.3 Å². The number of anilines is 2. The van der Waals surface area contributed by atoms with Crippen molar-refractivity contribution in [3.05, 3.63) is 24.3 Å². The predicted molar refractivity (Wildman–Crippen MR) is 98.4 cm³/mol. The molecule has 1 fully saturated rings. The van der Waals surface area contributed by atoms with Gasteiger partial charge in [-0.15, -0.1) is 0 Å². The Kier molecular flexibility index (Phi) is 6.12. The molecule has 0 aliphatic carbocycles. The number of hydrogen-bond acceptors (Lipinski definition) is 4. The van der Waals surface area contributed by atoms with Crippen molar-refractivity contribution < 1.29 is 14.3 Å². The molecule has 0 radical (unpaired) electrons. The number of carbonyl (C=O) groups excluding carboxylic acids is 2. The van der Waals surface area contributed by atoms with E-state index in [4.69, 9.17) is 10.5 Å². The van der Waals surface area contributed by atoms with Crippen molar-refractivity contribution in [1.29, 1.82) is 0 Å². The van der Waals surface area contributed by atoms with Gasteiger partial charge < -0.3 is 26.0 Å². The summed E-state index contributed by atoms with van der Waals surface area (Å²) in [6, 6.07) is 6.74. The van der Waals surface area contributed by atoms with Gasteiger partial charge >= 0.3 is 12.1 Å². The average Bonchev–Trinajstić information content (AvgIpc) is 2.52. The number of nitrogens with one attached hydrogen (secondary N) is 2. The second kappa shape index (κ2) is 8.09. The molecule has 1 unspecified atom stereocenters. The number of carbonyl (C=O) groups is 2. The van der Waals surface area contributed by atoms with Gasteiger partial charge in [0.15, 0.2) is 0 Å². The molecule has 4 N–H and O–H groups in total. The van der Waals surface area contributed by atoms with Crippen molar-refractivity contribution >= 4 is 23.5 Å². The fourth-order valence-corrected chi connectivity index (χ4v) is 2.75. The summed E-state index contributed by atoms with van der Waals surface area (Å²) in [6.07, 6.45) is 1.58. The highest BCUT2D eigenvalue weighted by atomic mass is 16.6. The number of likely N-dealkylation sites (tertiary alicyclic amines) is 1. The molecule has 1 atom stereocenters. The summed E-state index contributed by atoms with van der Waals surface area (Å²) in [7, 11) is 0. The zero-order chi connectivity index (χ0) is 18.4. The van der Waals surface area contributed by atoms with Crippen LogP contribution in [0.15, 0.2) is 24.3 Å². The molecule has 1 aromatic carbocycles. The lowest BCUT2D eigenvalue weighted by Gasteiger charge is -2.34. The fourth-order valence-electron chi connectivity index (χ4n) is 2.75. The number of nitrogens with two attached hydrogens (primary N) is 1. The molecular formula is C18H28N4O3. The molecule has 1 heterocycles. The average molecular weight is 348 g/mol. The normalized spacial score (nSPS) is 17.7. The van der Waals surface area contributed by atoms with Crippen LogP contribution in [0.1, 0.15) is 33.6 Å². The minimum absolute atomic E-state index is 0.216. The van der Waals surface area contributed by atoms with Gasteiger partial charge in [0.1, 0.15) is 5.60 Å². The predicted octanol–water partition coefficient (Wildman–Crippen LogP) is 3.04. The summed E-state index contributed by atoms with van der Waals surface area (Å²) >= 11 is 0. The second-order valence-corrected chi connectivity index (χ2v) is 7.40. The molecule has 0 saturated carbocycles. The zero-order valence-electron chi connectivity index (χ0n) is 15.2. The van der Waals surface area contributed by atoms with E-state index >= 15 is 0 Å². The third kappa shape index (κ3) is 6.52. The number of urea groups is 1. The van der Waals surface area contributed by atoms with Crippen molar-refractivity contribution in [2.75, 3.05) is 30.7 Å². The van der Waals surface area contributed by atoms with Crippen molar-refractivity contribution in [3.63, 3.8) is 0 Å². The van der Waals surface area contributed by atoms with Crippen LogP contribution in [0.4, 0.5) is 21.0 Å². The van der Waals surface area contributed by atoms with E-state index in [0.717, 1.165) is 12.8 Å². The second-order valence-electron chi connectivity index (χ2n) is 7.40. The van der Waals surface area contributed by atoms with Crippen LogP contribution < -0.4 is 16.4 Å². The molecule has 3 amide bonds. The summed E-state index contributed by atoms with van der Waals surface area (Å²) in [5.74, 6) is 0.216. The van der Waals surface area contributed by atoms with Crippen molar-refractivity contribution in [3.8, 4) is 0 Å². The Morgan fingerprint density at radius 2 is 2.12 bits per heavy atom. The number of rotatable bonds is 3. The van der Waals surface area contributed by atoms with E-state index in [2.05, 4.69) is 10.6 Å². The van der Waals surface area contributed by atoms with Gasteiger partial charge in [-0.1, -0.05) is 6.07 Å². The maximum Gasteiger partial charge on any atom is 0.410 e. The summed E-state index contributed by atoms with van der Waals surface area (Å²) in [4.78, 5) is 25.9. The minimum Gasteiger partial charge on any atom is -0.444 e. The first-order valence-electron chi connectivity index (χ1n) is 8.61. The van der Waals surface area contributed by atoms with Crippen LogP contribution in [0, 0.1) is 5.92 Å². The minimum atomic E-state index is -0.500. The Balaban J connectivity index is 1.78. The number of ether oxygens (including phenoxy) is 1. The number of nitrogens with zero attached hydrogens (tertiary/aromatic N) is 1. The molecule has 25 heavy (non-hydrogen) atoms. The molecule has 7 nitrogen and oxygen atoms in total. The van der Waals surface area contributed by atoms with Crippen LogP contribution >= 0.6 is 0 Å². The molecule has 2 rings (SSSR count). The van der Waals surface area contributed by atoms with Crippen molar-refractivity contribution in [1.82, 2.24) is 10.2 Å². The van der Waals surface area contributed by atoms with E-state index in [1.54, 1.807) is 29.2 Å². The molecule has 1 aromatic rings. The van der Waals surface area contributed by atoms with Gasteiger partial charge in [0, 0.05) is 31.0 Å². The van der Waals surface area contributed by atoms with E-state index in [1.165, 1.54) is 0 Å². The lowest BCUT2D eigenvalue weighted by molar-refractivity contribution is 0.0168. The lowest BCUT2D eigenvalue weighted by Crippen LogP contribution is -2.46. The number of nitrogen functional groups attached to an aromatic ring is 1. The van der Waals surface area contributed by atoms with Crippen LogP contribution in [0.5, 0.6) is 0 Å². The van der Waals surface area contributed by atoms with Gasteiger partial charge in [-0.25, -0.2) is 9.59 Å². The van der Waals surface area contributed by atoms with Crippen LogP contribution in [0.25, 0.3) is 0 Å². The molecule has 7 heteroatoms. The SMILES string of the molecule is CC(C)(C)OC(=O)N1CCCC(CNC(=O)Nc2cccc(N)c2)C1. The van der Waals surface area contributed by atoms with E-state index in [1.807, 2.05) is 20.8 Å². The van der Waals surface area contributed by atoms with Crippen LogP contribution in [-0.2, 0) is 4.74 Å². The summed E-state index contributed by atoms with van der Waals surface area (Å²) in [6.45, 7) is 7.36. The maximum absolute atomic E-state index is 12.2. The third-order valence-electron chi connectivity index (χ3n) is 3.87. The Labute approximate surface area is 148 Å². The summed E-state index contributed by atoms with van der Waals surface area (Å²) in [5, 5.41) is 5.61. The van der Waals surface area contributed by atoms with Gasteiger partial charge in [0.05, 0.1) is 0 Å². The third-order valence-corrected chi connectivity index (χ3v) is 3.87. The summed E-state index contributed by atoms with van der Waals surface area (Å²) in [5.41, 5.74) is 6.44. The number of piperidine rings is 1. The lowest BCUT2D eigenvalue weighted by atomic mass is 9.98.